The molecule has 198 valence electrons. The number of likely N-dealkylation sites (tertiary alicyclic amines) is 1. The van der Waals surface area contributed by atoms with E-state index < -0.39 is 17.7 Å². The van der Waals surface area contributed by atoms with Gasteiger partial charge in [-0.2, -0.15) is 0 Å². The largest absolute Gasteiger partial charge is 0.507 e. The van der Waals surface area contributed by atoms with Gasteiger partial charge in [-0.3, -0.25) is 9.59 Å². The van der Waals surface area contributed by atoms with Crippen LogP contribution in [0.15, 0.2) is 72.3 Å². The van der Waals surface area contributed by atoms with Crippen LogP contribution < -0.4 is 14.2 Å². The number of aliphatic hydroxyl groups is 1. The molecule has 4 rings (SSSR count). The Morgan fingerprint density at radius 3 is 2.32 bits per heavy atom. The number of ketones is 1. The molecule has 0 saturated carbocycles. The van der Waals surface area contributed by atoms with Gasteiger partial charge in [0.15, 0.2) is 11.5 Å². The van der Waals surface area contributed by atoms with Crippen LogP contribution in [0.1, 0.15) is 48.6 Å². The molecule has 1 N–H and O–H groups in total. The summed E-state index contributed by atoms with van der Waals surface area (Å²) in [7, 11) is 1.54. The van der Waals surface area contributed by atoms with Crippen LogP contribution in [0.4, 0.5) is 0 Å². The summed E-state index contributed by atoms with van der Waals surface area (Å²) >= 11 is 0. The molecule has 1 aliphatic rings. The average molecular weight is 516 g/mol. The molecule has 1 fully saturated rings. The van der Waals surface area contributed by atoms with E-state index >= 15 is 0 Å². The number of carbonyl (C=O) groups excluding carboxylic acids is 2. The summed E-state index contributed by atoms with van der Waals surface area (Å²) in [5, 5.41) is 11.4. The molecule has 1 heterocycles. The highest BCUT2D eigenvalue weighted by Gasteiger charge is 2.46. The van der Waals surface area contributed by atoms with Gasteiger partial charge in [0.05, 0.1) is 25.3 Å². The van der Waals surface area contributed by atoms with Crippen LogP contribution in [0.5, 0.6) is 17.2 Å². The Kier molecular flexibility index (Phi) is 8.36. The minimum atomic E-state index is -0.756. The van der Waals surface area contributed by atoms with E-state index in [0.29, 0.717) is 54.6 Å². The predicted molar refractivity (Wildman–Crippen MR) is 145 cm³/mol. The molecule has 1 amide bonds. The number of ether oxygens (including phenoxy) is 3. The quantitative estimate of drug-likeness (QED) is 0.208. The summed E-state index contributed by atoms with van der Waals surface area (Å²) in [6, 6.07) is 19.6. The van der Waals surface area contributed by atoms with Gasteiger partial charge in [0.1, 0.15) is 18.1 Å². The maximum atomic E-state index is 13.2. The van der Waals surface area contributed by atoms with Crippen LogP contribution in [0, 0.1) is 6.92 Å². The molecule has 38 heavy (non-hydrogen) atoms. The predicted octanol–water partition coefficient (Wildman–Crippen LogP) is 5.81. The maximum Gasteiger partial charge on any atom is 0.295 e. The van der Waals surface area contributed by atoms with Crippen LogP contribution in [-0.2, 0) is 16.2 Å². The number of hydrogen-bond donors (Lipinski definition) is 1. The second-order valence-corrected chi connectivity index (χ2v) is 9.09. The van der Waals surface area contributed by atoms with Gasteiger partial charge in [0.2, 0.25) is 0 Å². The van der Waals surface area contributed by atoms with Crippen molar-refractivity contribution < 1.29 is 28.9 Å². The van der Waals surface area contributed by atoms with Gasteiger partial charge in [-0.1, -0.05) is 43.3 Å². The fourth-order valence-electron chi connectivity index (χ4n) is 4.68. The summed E-state index contributed by atoms with van der Waals surface area (Å²) in [5.41, 5.74) is 2.98. The minimum absolute atomic E-state index is 0.0482. The lowest BCUT2D eigenvalue weighted by atomic mass is 9.94. The molecule has 0 spiro atoms. The van der Waals surface area contributed by atoms with Crippen LogP contribution in [0.3, 0.4) is 0 Å². The number of rotatable bonds is 10. The smallest absolute Gasteiger partial charge is 0.295 e. The second-order valence-electron chi connectivity index (χ2n) is 9.09. The molecule has 1 aliphatic heterocycles. The molecule has 7 heteroatoms. The van der Waals surface area contributed by atoms with E-state index in [1.807, 2.05) is 51.1 Å². The van der Waals surface area contributed by atoms with Crippen molar-refractivity contribution in [2.24, 2.45) is 0 Å². The number of benzene rings is 3. The van der Waals surface area contributed by atoms with Crippen molar-refractivity contribution in [3.8, 4) is 17.2 Å². The monoisotopic (exact) mass is 515 g/mol. The van der Waals surface area contributed by atoms with Crippen LogP contribution in [0.25, 0.3) is 5.76 Å². The molecule has 7 nitrogen and oxygen atoms in total. The van der Waals surface area contributed by atoms with E-state index in [2.05, 4.69) is 0 Å². The Labute approximate surface area is 223 Å². The van der Waals surface area contributed by atoms with E-state index in [4.69, 9.17) is 14.2 Å². The molecule has 1 unspecified atom stereocenters. The molecule has 1 atom stereocenters. The zero-order valence-corrected chi connectivity index (χ0v) is 22.2. The summed E-state index contributed by atoms with van der Waals surface area (Å²) in [5.74, 6) is 0.152. The van der Waals surface area contributed by atoms with Crippen molar-refractivity contribution in [2.45, 2.75) is 39.8 Å². The van der Waals surface area contributed by atoms with Crippen LogP contribution in [0.2, 0.25) is 0 Å². The Hall–Kier alpha value is -4.26. The number of hydrogen-bond acceptors (Lipinski definition) is 6. The average Bonchev–Trinajstić information content (AvgIpc) is 3.18. The molecule has 0 aliphatic carbocycles. The Bertz CT molecular complexity index is 1350. The van der Waals surface area contributed by atoms with Gasteiger partial charge in [-0.25, -0.2) is 0 Å². The standard InChI is InChI=1S/C31H33NO6/c1-5-16-32-28(22-12-15-25(37-6-2)26(18-22)36-4)27(30(34)31(32)35)29(33)23-13-14-24(20(3)17-23)38-19-21-10-8-7-9-11-21/h7-15,17-18,28,33H,5-6,16,19H2,1-4H3/b29-27-. The van der Waals surface area contributed by atoms with Crippen LogP contribution in [-0.4, -0.2) is 42.0 Å². The number of nitrogens with zero attached hydrogens (tertiary/aromatic N) is 1. The lowest BCUT2D eigenvalue weighted by Gasteiger charge is -2.25. The first-order valence-electron chi connectivity index (χ1n) is 12.8. The van der Waals surface area contributed by atoms with E-state index in [1.165, 1.54) is 12.0 Å². The Morgan fingerprint density at radius 2 is 1.66 bits per heavy atom. The third-order valence-electron chi connectivity index (χ3n) is 6.49. The van der Waals surface area contributed by atoms with Crippen molar-refractivity contribution >= 4 is 17.4 Å². The van der Waals surface area contributed by atoms with E-state index in [-0.39, 0.29) is 11.3 Å². The van der Waals surface area contributed by atoms with Gasteiger partial charge in [-0.15, -0.1) is 0 Å². The summed E-state index contributed by atoms with van der Waals surface area (Å²) in [6.07, 6.45) is 0.657. The molecule has 0 bridgehead atoms. The molecular formula is C31H33NO6. The fourth-order valence-corrected chi connectivity index (χ4v) is 4.68. The Balaban J connectivity index is 1.73. The topological polar surface area (TPSA) is 85.3 Å². The highest BCUT2D eigenvalue weighted by atomic mass is 16.5. The number of methoxy groups -OCH3 is 1. The first kappa shape index (κ1) is 26.8. The first-order chi connectivity index (χ1) is 18.4. The van der Waals surface area contributed by atoms with E-state index in [9.17, 15) is 14.7 Å². The molecular weight excluding hydrogens is 482 g/mol. The number of aryl methyl sites for hydroxylation is 1. The van der Waals surface area contributed by atoms with Gasteiger partial charge < -0.3 is 24.2 Å². The molecule has 0 aromatic heterocycles. The van der Waals surface area contributed by atoms with Crippen molar-refractivity contribution in [1.82, 2.24) is 4.90 Å². The zero-order valence-electron chi connectivity index (χ0n) is 22.2. The van der Waals surface area contributed by atoms with E-state index in [0.717, 1.165) is 11.1 Å². The van der Waals surface area contributed by atoms with Crippen molar-refractivity contribution in [3.05, 3.63) is 94.6 Å². The molecule has 1 saturated heterocycles. The maximum absolute atomic E-state index is 13.2. The Morgan fingerprint density at radius 1 is 0.921 bits per heavy atom. The number of aliphatic hydroxyl groups excluding tert-OH is 1. The SMILES string of the molecule is CCCN1C(=O)C(=O)/C(=C(\O)c2ccc(OCc3ccccc3)c(C)c2)C1c1ccc(OCC)c(OC)c1. The van der Waals surface area contributed by atoms with E-state index in [1.54, 1.807) is 36.4 Å². The zero-order chi connectivity index (χ0) is 27.2. The van der Waals surface area contributed by atoms with Gasteiger partial charge in [-0.05, 0) is 67.3 Å². The summed E-state index contributed by atoms with van der Waals surface area (Å²) in [4.78, 5) is 27.8. The second kappa shape index (κ2) is 11.9. The first-order valence-corrected chi connectivity index (χ1v) is 12.8. The van der Waals surface area contributed by atoms with Gasteiger partial charge in [0, 0.05) is 12.1 Å². The number of carbonyl (C=O) groups is 2. The third kappa shape index (κ3) is 5.37. The lowest BCUT2D eigenvalue weighted by Crippen LogP contribution is -2.30. The normalized spacial score (nSPS) is 16.5. The molecule has 3 aromatic rings. The van der Waals surface area contributed by atoms with Crippen molar-refractivity contribution in [2.75, 3.05) is 20.3 Å². The van der Waals surface area contributed by atoms with Crippen molar-refractivity contribution in [3.63, 3.8) is 0 Å². The summed E-state index contributed by atoms with van der Waals surface area (Å²) in [6.45, 7) is 6.94. The number of amides is 1. The number of Topliss-reactive ketones (excluding diaryl/α,β-unsaturated/α-hetero) is 1. The summed E-state index contributed by atoms with van der Waals surface area (Å²) < 4.78 is 17.1. The molecule has 3 aromatic carbocycles. The highest BCUT2D eigenvalue weighted by molar-refractivity contribution is 6.46. The fraction of sp³-hybridized carbons (Fsp3) is 0.290. The van der Waals surface area contributed by atoms with Crippen molar-refractivity contribution in [1.29, 1.82) is 0 Å². The van der Waals surface area contributed by atoms with Crippen LogP contribution >= 0.6 is 0 Å². The minimum Gasteiger partial charge on any atom is -0.507 e. The van der Waals surface area contributed by atoms with Gasteiger partial charge >= 0.3 is 0 Å². The highest BCUT2D eigenvalue weighted by Crippen LogP contribution is 2.42. The molecule has 0 radical (unpaired) electrons. The lowest BCUT2D eigenvalue weighted by molar-refractivity contribution is -0.139. The third-order valence-corrected chi connectivity index (χ3v) is 6.49. The van der Waals surface area contributed by atoms with Gasteiger partial charge in [0.25, 0.3) is 11.7 Å².